The first-order valence-corrected chi connectivity index (χ1v) is 8.09. The first-order valence-electron chi connectivity index (χ1n) is 6.42. The van der Waals surface area contributed by atoms with Crippen molar-refractivity contribution >= 4 is 44.4 Å². The van der Waals surface area contributed by atoms with Crippen LogP contribution in [0.5, 0.6) is 0 Å². The molecule has 20 heavy (non-hydrogen) atoms. The number of hydrogen-bond donors (Lipinski definition) is 0. The maximum absolute atomic E-state index is 10.8. The van der Waals surface area contributed by atoms with Gasteiger partial charge in [-0.2, -0.15) is 0 Å². The molecule has 1 aromatic carbocycles. The van der Waals surface area contributed by atoms with E-state index in [4.69, 9.17) is 0 Å². The highest BCUT2D eigenvalue weighted by Gasteiger charge is 2.19. The fraction of sp³-hybridized carbons (Fsp3) is 0.286. The van der Waals surface area contributed by atoms with E-state index in [1.54, 1.807) is 11.3 Å². The number of thiazole rings is 1. The van der Waals surface area contributed by atoms with Crippen LogP contribution in [0.4, 0.5) is 10.8 Å². The molecule has 0 radical (unpaired) electrons. The van der Waals surface area contributed by atoms with Crippen molar-refractivity contribution in [1.29, 1.82) is 0 Å². The summed E-state index contributed by atoms with van der Waals surface area (Å²) in [7, 11) is 0. The third-order valence-electron chi connectivity index (χ3n) is 3.45. The zero-order valence-corrected chi connectivity index (χ0v) is 13.2. The summed E-state index contributed by atoms with van der Waals surface area (Å²) < 4.78 is 0.854. The first-order chi connectivity index (χ1) is 9.78. The molecule has 0 spiro atoms. The molecule has 0 atom stereocenters. The molecule has 2 heterocycles. The molecule has 6 heteroatoms. The van der Waals surface area contributed by atoms with Crippen LogP contribution in [0.2, 0.25) is 0 Å². The van der Waals surface area contributed by atoms with E-state index in [9.17, 15) is 4.79 Å². The molecule has 0 unspecified atom stereocenters. The van der Waals surface area contributed by atoms with Crippen LogP contribution in [0, 0.1) is 0 Å². The number of piperazine rings is 1. The van der Waals surface area contributed by atoms with Gasteiger partial charge >= 0.3 is 0 Å². The summed E-state index contributed by atoms with van der Waals surface area (Å²) in [6.45, 7) is 3.88. The van der Waals surface area contributed by atoms with Gasteiger partial charge in [0.2, 0.25) is 0 Å². The number of aldehydes is 1. The Balaban J connectivity index is 1.69. The van der Waals surface area contributed by atoms with Gasteiger partial charge in [-0.05, 0) is 34.1 Å². The van der Waals surface area contributed by atoms with Gasteiger partial charge in [0.05, 0.1) is 0 Å². The van der Waals surface area contributed by atoms with Gasteiger partial charge in [-0.15, -0.1) is 11.3 Å². The molecular weight excluding hydrogens is 338 g/mol. The molecule has 2 aromatic rings. The van der Waals surface area contributed by atoms with Crippen LogP contribution < -0.4 is 9.80 Å². The van der Waals surface area contributed by atoms with E-state index < -0.39 is 0 Å². The van der Waals surface area contributed by atoms with Crippen LogP contribution >= 0.6 is 27.3 Å². The van der Waals surface area contributed by atoms with E-state index >= 15 is 0 Å². The Bertz CT molecular complexity index is 594. The van der Waals surface area contributed by atoms with Gasteiger partial charge < -0.3 is 9.80 Å². The van der Waals surface area contributed by atoms with Gasteiger partial charge in [-0.25, -0.2) is 4.98 Å². The van der Waals surface area contributed by atoms with E-state index in [-0.39, 0.29) is 0 Å². The summed E-state index contributed by atoms with van der Waals surface area (Å²) >= 11 is 5.12. The smallest absolute Gasteiger partial charge is 0.185 e. The van der Waals surface area contributed by atoms with E-state index in [0.29, 0.717) is 5.56 Å². The summed E-state index contributed by atoms with van der Waals surface area (Å²) in [5, 5.41) is 3.11. The highest BCUT2D eigenvalue weighted by atomic mass is 79.9. The topological polar surface area (TPSA) is 36.4 Å². The summed E-state index contributed by atoms with van der Waals surface area (Å²) in [5.41, 5.74) is 1.84. The number of rotatable bonds is 3. The van der Waals surface area contributed by atoms with Gasteiger partial charge in [0.1, 0.15) is 0 Å². The summed E-state index contributed by atoms with van der Waals surface area (Å²) in [6, 6.07) is 5.88. The second-order valence-corrected chi connectivity index (χ2v) is 6.34. The minimum absolute atomic E-state index is 0.690. The van der Waals surface area contributed by atoms with Crippen molar-refractivity contribution < 1.29 is 4.79 Å². The Hall–Kier alpha value is -1.40. The number of benzene rings is 1. The Kier molecular flexibility index (Phi) is 4.03. The molecule has 0 N–H and O–H groups in total. The number of carbonyl (C=O) groups is 1. The third-order valence-corrected chi connectivity index (χ3v) is 4.96. The van der Waals surface area contributed by atoms with E-state index in [1.807, 2.05) is 29.8 Å². The van der Waals surface area contributed by atoms with E-state index in [1.165, 1.54) is 0 Å². The SMILES string of the molecule is O=Cc1ccc(N2CCN(c3nccs3)CC2)cc1Br. The lowest BCUT2D eigenvalue weighted by atomic mass is 10.2. The van der Waals surface area contributed by atoms with Crippen LogP contribution in [0.1, 0.15) is 10.4 Å². The Morgan fingerprint density at radius 1 is 1.20 bits per heavy atom. The second kappa shape index (κ2) is 5.93. The maximum atomic E-state index is 10.8. The largest absolute Gasteiger partial charge is 0.368 e. The van der Waals surface area contributed by atoms with Crippen molar-refractivity contribution in [2.75, 3.05) is 36.0 Å². The van der Waals surface area contributed by atoms with Crippen molar-refractivity contribution in [2.45, 2.75) is 0 Å². The molecule has 1 aliphatic heterocycles. The van der Waals surface area contributed by atoms with Gasteiger partial charge in [0.15, 0.2) is 11.4 Å². The summed E-state index contributed by atoms with van der Waals surface area (Å²) in [4.78, 5) is 19.8. The molecule has 0 bridgehead atoms. The van der Waals surface area contributed by atoms with Crippen molar-refractivity contribution in [1.82, 2.24) is 4.98 Å². The zero-order chi connectivity index (χ0) is 13.9. The standard InChI is InChI=1S/C14H14BrN3OS/c15-13-9-12(2-1-11(13)10-19)17-4-6-18(7-5-17)14-16-3-8-20-14/h1-3,8-10H,4-7H2. The van der Waals surface area contributed by atoms with Crippen molar-refractivity contribution in [3.8, 4) is 0 Å². The number of nitrogens with zero attached hydrogens (tertiary/aromatic N) is 3. The minimum Gasteiger partial charge on any atom is -0.368 e. The predicted molar refractivity (Wildman–Crippen MR) is 86.1 cm³/mol. The first kappa shape index (κ1) is 13.6. The molecule has 1 aromatic heterocycles. The average molecular weight is 352 g/mol. The van der Waals surface area contributed by atoms with E-state index in [0.717, 1.165) is 47.8 Å². The molecule has 4 nitrogen and oxygen atoms in total. The van der Waals surface area contributed by atoms with Crippen LogP contribution in [0.3, 0.4) is 0 Å². The lowest BCUT2D eigenvalue weighted by molar-refractivity contribution is 0.112. The van der Waals surface area contributed by atoms with Crippen LogP contribution in [0.15, 0.2) is 34.2 Å². The monoisotopic (exact) mass is 351 g/mol. The van der Waals surface area contributed by atoms with Crippen LogP contribution in [0.25, 0.3) is 0 Å². The number of carbonyl (C=O) groups excluding carboxylic acids is 1. The Morgan fingerprint density at radius 2 is 1.95 bits per heavy atom. The highest BCUT2D eigenvalue weighted by molar-refractivity contribution is 9.10. The molecule has 0 amide bonds. The highest BCUT2D eigenvalue weighted by Crippen LogP contribution is 2.25. The summed E-state index contributed by atoms with van der Waals surface area (Å²) in [5.74, 6) is 0. The lowest BCUT2D eigenvalue weighted by Crippen LogP contribution is -2.46. The third kappa shape index (κ3) is 2.71. The lowest BCUT2D eigenvalue weighted by Gasteiger charge is -2.36. The molecule has 0 saturated carbocycles. The number of hydrogen-bond acceptors (Lipinski definition) is 5. The van der Waals surface area contributed by atoms with E-state index in [2.05, 4.69) is 30.7 Å². The Labute approximate surface area is 130 Å². The number of anilines is 2. The maximum Gasteiger partial charge on any atom is 0.185 e. The van der Waals surface area contributed by atoms with Crippen molar-refractivity contribution in [3.63, 3.8) is 0 Å². The molecule has 0 aliphatic carbocycles. The fourth-order valence-electron chi connectivity index (χ4n) is 2.34. The second-order valence-electron chi connectivity index (χ2n) is 4.61. The fourth-order valence-corrected chi connectivity index (χ4v) is 3.49. The molecular formula is C14H14BrN3OS. The Morgan fingerprint density at radius 3 is 2.55 bits per heavy atom. The minimum atomic E-state index is 0.690. The van der Waals surface area contributed by atoms with Crippen molar-refractivity contribution in [2.24, 2.45) is 0 Å². The van der Waals surface area contributed by atoms with Gasteiger partial charge in [-0.3, -0.25) is 4.79 Å². The van der Waals surface area contributed by atoms with Crippen LogP contribution in [-0.4, -0.2) is 37.4 Å². The van der Waals surface area contributed by atoms with Gasteiger partial charge in [0.25, 0.3) is 0 Å². The molecule has 1 fully saturated rings. The molecule has 3 rings (SSSR count). The summed E-state index contributed by atoms with van der Waals surface area (Å²) in [6.07, 6.45) is 2.72. The zero-order valence-electron chi connectivity index (χ0n) is 10.8. The normalized spacial score (nSPS) is 15.4. The molecule has 104 valence electrons. The molecule has 1 aliphatic rings. The van der Waals surface area contributed by atoms with Gasteiger partial charge in [0, 0.05) is 53.5 Å². The predicted octanol–water partition coefficient (Wildman–Crippen LogP) is 3.04. The number of halogens is 1. The average Bonchev–Trinajstić information content (AvgIpc) is 3.01. The van der Waals surface area contributed by atoms with Gasteiger partial charge in [-0.1, -0.05) is 0 Å². The quantitative estimate of drug-likeness (QED) is 0.796. The number of aromatic nitrogens is 1. The van der Waals surface area contributed by atoms with Crippen LogP contribution in [-0.2, 0) is 0 Å². The molecule has 1 saturated heterocycles. The van der Waals surface area contributed by atoms with Crippen molar-refractivity contribution in [3.05, 3.63) is 39.8 Å².